The summed E-state index contributed by atoms with van der Waals surface area (Å²) in [7, 11) is 1.36. The average molecular weight is 316 g/mol. The van der Waals surface area contributed by atoms with Gasteiger partial charge < -0.3 is 20.1 Å². The van der Waals surface area contributed by atoms with Crippen molar-refractivity contribution >= 4 is 39.8 Å². The van der Waals surface area contributed by atoms with Crippen LogP contribution in [0.5, 0.6) is 5.75 Å². The van der Waals surface area contributed by atoms with E-state index in [4.69, 9.17) is 15.2 Å². The smallest absolute Gasteiger partial charge is 0.350 e. The maximum absolute atomic E-state index is 11.8. The van der Waals surface area contributed by atoms with Crippen LogP contribution in [0.15, 0.2) is 0 Å². The van der Waals surface area contributed by atoms with Crippen molar-refractivity contribution in [3.05, 3.63) is 4.88 Å². The van der Waals surface area contributed by atoms with E-state index in [1.807, 2.05) is 25.6 Å². The summed E-state index contributed by atoms with van der Waals surface area (Å²) in [5.74, 6) is 2.37. The number of ether oxygens (including phenoxy) is 2. The van der Waals surface area contributed by atoms with Crippen LogP contribution in [-0.4, -0.2) is 43.8 Å². The fourth-order valence-corrected chi connectivity index (χ4v) is 4.01. The SMILES string of the molecule is COC(=O)c1sc(N2CCSCC2)c(OC(C)C)c1N. The molecule has 1 saturated heterocycles. The van der Waals surface area contributed by atoms with Crippen molar-refractivity contribution in [2.75, 3.05) is 42.3 Å². The molecule has 0 aliphatic carbocycles. The molecule has 5 nitrogen and oxygen atoms in total. The van der Waals surface area contributed by atoms with E-state index in [1.54, 1.807) is 0 Å². The lowest BCUT2D eigenvalue weighted by Gasteiger charge is -2.28. The van der Waals surface area contributed by atoms with Crippen molar-refractivity contribution in [3.8, 4) is 5.75 Å². The van der Waals surface area contributed by atoms with Crippen LogP contribution in [0.2, 0.25) is 0 Å². The van der Waals surface area contributed by atoms with Crippen LogP contribution in [0.4, 0.5) is 10.7 Å². The third kappa shape index (κ3) is 3.15. The number of methoxy groups -OCH3 is 1. The van der Waals surface area contributed by atoms with Gasteiger partial charge in [-0.1, -0.05) is 0 Å². The van der Waals surface area contributed by atoms with Crippen LogP contribution < -0.4 is 15.4 Å². The standard InChI is InChI=1S/C13H20N2O3S2/c1-8(2)18-10-9(14)11(13(16)17-3)20-12(10)15-4-6-19-7-5-15/h8H,4-7,14H2,1-3H3. The van der Waals surface area contributed by atoms with Crippen LogP contribution in [0.1, 0.15) is 23.5 Å². The van der Waals surface area contributed by atoms with E-state index in [9.17, 15) is 4.79 Å². The minimum atomic E-state index is -0.404. The Labute approximate surface area is 127 Å². The van der Waals surface area contributed by atoms with Crippen LogP contribution in [-0.2, 0) is 4.74 Å². The van der Waals surface area contributed by atoms with Gasteiger partial charge in [-0.25, -0.2) is 4.79 Å². The van der Waals surface area contributed by atoms with Gasteiger partial charge in [0.15, 0.2) is 5.75 Å². The van der Waals surface area contributed by atoms with Gasteiger partial charge in [-0.05, 0) is 13.8 Å². The summed E-state index contributed by atoms with van der Waals surface area (Å²) in [6.45, 7) is 5.79. The van der Waals surface area contributed by atoms with Crippen molar-refractivity contribution in [3.63, 3.8) is 0 Å². The fraction of sp³-hybridized carbons (Fsp3) is 0.615. The van der Waals surface area contributed by atoms with Gasteiger partial charge in [0.25, 0.3) is 0 Å². The summed E-state index contributed by atoms with van der Waals surface area (Å²) in [6, 6.07) is 0. The molecule has 0 radical (unpaired) electrons. The van der Waals surface area contributed by atoms with Gasteiger partial charge >= 0.3 is 5.97 Å². The van der Waals surface area contributed by atoms with Gasteiger partial charge in [0.2, 0.25) is 0 Å². The monoisotopic (exact) mass is 316 g/mol. The van der Waals surface area contributed by atoms with Gasteiger partial charge in [-0.15, -0.1) is 11.3 Å². The first-order valence-electron chi connectivity index (χ1n) is 6.54. The lowest BCUT2D eigenvalue weighted by atomic mass is 10.3. The van der Waals surface area contributed by atoms with Crippen molar-refractivity contribution in [1.82, 2.24) is 0 Å². The summed E-state index contributed by atoms with van der Waals surface area (Å²) < 4.78 is 10.6. The number of esters is 1. The molecule has 2 N–H and O–H groups in total. The zero-order chi connectivity index (χ0) is 14.7. The number of thioether (sulfide) groups is 1. The van der Waals surface area contributed by atoms with Crippen LogP contribution in [0.25, 0.3) is 0 Å². The van der Waals surface area contributed by atoms with E-state index in [2.05, 4.69) is 4.90 Å². The molecule has 7 heteroatoms. The molecule has 112 valence electrons. The molecule has 1 aromatic rings. The maximum Gasteiger partial charge on any atom is 0.350 e. The van der Waals surface area contributed by atoms with E-state index < -0.39 is 5.97 Å². The number of nitrogens with two attached hydrogens (primary N) is 1. The number of hydrogen-bond acceptors (Lipinski definition) is 7. The molecule has 20 heavy (non-hydrogen) atoms. The molecule has 2 rings (SSSR count). The van der Waals surface area contributed by atoms with E-state index in [0.29, 0.717) is 16.3 Å². The van der Waals surface area contributed by atoms with Crippen LogP contribution in [0.3, 0.4) is 0 Å². The topological polar surface area (TPSA) is 64.8 Å². The van der Waals surface area contributed by atoms with Gasteiger partial charge in [0.1, 0.15) is 15.6 Å². The Morgan fingerprint density at radius 2 is 2.00 bits per heavy atom. The van der Waals surface area contributed by atoms with Crippen molar-refractivity contribution < 1.29 is 14.3 Å². The molecule has 1 aliphatic heterocycles. The summed E-state index contributed by atoms with van der Waals surface area (Å²) in [5.41, 5.74) is 6.48. The Kier molecular flexibility index (Phi) is 5.04. The average Bonchev–Trinajstić information content (AvgIpc) is 2.76. The maximum atomic E-state index is 11.8. The molecular formula is C13H20N2O3S2. The fourth-order valence-electron chi connectivity index (χ4n) is 1.98. The molecule has 0 spiro atoms. The predicted molar refractivity (Wildman–Crippen MR) is 85.4 cm³/mol. The molecule has 1 aliphatic rings. The Bertz CT molecular complexity index is 482. The minimum absolute atomic E-state index is 0.00955. The molecule has 1 fully saturated rings. The highest BCUT2D eigenvalue weighted by atomic mass is 32.2. The Hall–Kier alpha value is -1.08. The molecule has 1 aromatic heterocycles. The molecular weight excluding hydrogens is 296 g/mol. The zero-order valence-corrected chi connectivity index (χ0v) is 13.6. The van der Waals surface area contributed by atoms with Crippen molar-refractivity contribution in [2.45, 2.75) is 20.0 Å². The number of nitrogen functional groups attached to an aromatic ring is 1. The van der Waals surface area contributed by atoms with Crippen LogP contribution >= 0.6 is 23.1 Å². The van der Waals surface area contributed by atoms with Crippen molar-refractivity contribution in [1.29, 1.82) is 0 Å². The first-order chi connectivity index (χ1) is 9.54. The molecule has 2 heterocycles. The molecule has 0 saturated carbocycles. The Balaban J connectivity index is 2.39. The lowest BCUT2D eigenvalue weighted by molar-refractivity contribution is 0.0607. The van der Waals surface area contributed by atoms with E-state index >= 15 is 0 Å². The number of nitrogens with zero attached hydrogens (tertiary/aromatic N) is 1. The van der Waals surface area contributed by atoms with Crippen LogP contribution in [0, 0.1) is 0 Å². The summed E-state index contributed by atoms with van der Waals surface area (Å²) in [6.07, 6.45) is 0.00955. The summed E-state index contributed by atoms with van der Waals surface area (Å²) in [5, 5.41) is 0.942. The third-order valence-electron chi connectivity index (χ3n) is 2.90. The molecule has 0 amide bonds. The highest BCUT2D eigenvalue weighted by Gasteiger charge is 2.27. The van der Waals surface area contributed by atoms with E-state index in [-0.39, 0.29) is 6.10 Å². The first kappa shape index (κ1) is 15.3. The lowest BCUT2D eigenvalue weighted by Crippen LogP contribution is -2.32. The van der Waals surface area contributed by atoms with Gasteiger partial charge in [-0.2, -0.15) is 11.8 Å². The third-order valence-corrected chi connectivity index (χ3v) is 5.08. The number of carbonyl (C=O) groups excluding carboxylic acids is 1. The van der Waals surface area contributed by atoms with Gasteiger partial charge in [0.05, 0.1) is 13.2 Å². The van der Waals surface area contributed by atoms with E-state index in [0.717, 1.165) is 29.6 Å². The second-order valence-electron chi connectivity index (χ2n) is 4.74. The van der Waals surface area contributed by atoms with E-state index in [1.165, 1.54) is 18.4 Å². The number of carbonyl (C=O) groups is 1. The highest BCUT2D eigenvalue weighted by Crippen LogP contribution is 2.46. The first-order valence-corrected chi connectivity index (χ1v) is 8.51. The summed E-state index contributed by atoms with van der Waals surface area (Å²) in [4.78, 5) is 14.5. The second kappa shape index (κ2) is 6.58. The molecule has 0 atom stereocenters. The second-order valence-corrected chi connectivity index (χ2v) is 6.96. The predicted octanol–water partition coefficient (Wildman–Crippen LogP) is 2.46. The van der Waals surface area contributed by atoms with Crippen molar-refractivity contribution in [2.24, 2.45) is 0 Å². The molecule has 0 unspecified atom stereocenters. The number of anilines is 2. The molecule has 0 aromatic carbocycles. The Morgan fingerprint density at radius 1 is 1.35 bits per heavy atom. The number of rotatable bonds is 4. The van der Waals surface area contributed by atoms with Gasteiger partial charge in [-0.3, -0.25) is 0 Å². The summed E-state index contributed by atoms with van der Waals surface area (Å²) >= 11 is 3.29. The normalized spacial score (nSPS) is 15.5. The molecule has 0 bridgehead atoms. The largest absolute Gasteiger partial charge is 0.486 e. The zero-order valence-electron chi connectivity index (χ0n) is 12.0. The number of hydrogen-bond donors (Lipinski definition) is 1. The minimum Gasteiger partial charge on any atom is -0.486 e. The highest BCUT2D eigenvalue weighted by molar-refractivity contribution is 7.99. The van der Waals surface area contributed by atoms with Gasteiger partial charge in [0, 0.05) is 24.6 Å². The quantitative estimate of drug-likeness (QED) is 0.861. The number of thiophene rings is 1. The Morgan fingerprint density at radius 3 is 2.55 bits per heavy atom.